The van der Waals surface area contributed by atoms with Crippen molar-refractivity contribution in [3.63, 3.8) is 0 Å². The van der Waals surface area contributed by atoms with Crippen molar-refractivity contribution in [1.82, 2.24) is 10.2 Å². The Labute approximate surface area is 118 Å². The highest BCUT2D eigenvalue weighted by molar-refractivity contribution is 5.79. The van der Waals surface area contributed by atoms with Gasteiger partial charge in [0.05, 0.1) is 6.04 Å². The first-order valence-electron chi connectivity index (χ1n) is 7.84. The van der Waals surface area contributed by atoms with Crippen LogP contribution < -0.4 is 11.1 Å². The molecule has 0 aromatic rings. The Hall–Kier alpha value is -0.610. The summed E-state index contributed by atoms with van der Waals surface area (Å²) in [7, 11) is 2.16. The van der Waals surface area contributed by atoms with Gasteiger partial charge in [-0.1, -0.05) is 26.2 Å². The zero-order valence-corrected chi connectivity index (χ0v) is 12.7. The van der Waals surface area contributed by atoms with E-state index in [4.69, 9.17) is 5.73 Å². The van der Waals surface area contributed by atoms with E-state index >= 15 is 0 Å². The minimum absolute atomic E-state index is 0.172. The van der Waals surface area contributed by atoms with Gasteiger partial charge in [0, 0.05) is 6.54 Å². The molecule has 0 radical (unpaired) electrons. The van der Waals surface area contributed by atoms with Gasteiger partial charge in [-0.2, -0.15) is 0 Å². The number of carbonyl (C=O) groups excluding carboxylic acids is 1. The first-order valence-corrected chi connectivity index (χ1v) is 7.84. The summed E-state index contributed by atoms with van der Waals surface area (Å²) in [6.45, 7) is 5.07. The quantitative estimate of drug-likeness (QED) is 0.670. The SMILES string of the molecule is CCCNC(CCN(C)CC1CCCCC1)C(N)=O. The molecule has 1 aliphatic carbocycles. The van der Waals surface area contributed by atoms with Crippen LogP contribution in [0.2, 0.25) is 0 Å². The van der Waals surface area contributed by atoms with Gasteiger partial charge in [-0.25, -0.2) is 0 Å². The number of nitrogens with zero attached hydrogens (tertiary/aromatic N) is 1. The molecule has 0 aromatic carbocycles. The molecular weight excluding hydrogens is 238 g/mol. The molecule has 1 amide bonds. The van der Waals surface area contributed by atoms with Gasteiger partial charge in [-0.05, 0) is 51.7 Å². The van der Waals surface area contributed by atoms with Crippen molar-refractivity contribution in [3.05, 3.63) is 0 Å². The molecule has 1 saturated carbocycles. The maximum absolute atomic E-state index is 11.3. The Bertz CT molecular complexity index is 252. The minimum Gasteiger partial charge on any atom is -0.368 e. The second-order valence-corrected chi connectivity index (χ2v) is 5.96. The maximum Gasteiger partial charge on any atom is 0.234 e. The molecule has 1 atom stereocenters. The summed E-state index contributed by atoms with van der Waals surface area (Å²) in [6.07, 6.45) is 8.78. The third kappa shape index (κ3) is 6.92. The average Bonchev–Trinajstić information content (AvgIpc) is 2.39. The summed E-state index contributed by atoms with van der Waals surface area (Å²) in [4.78, 5) is 13.7. The molecular formula is C15H31N3O. The topological polar surface area (TPSA) is 58.4 Å². The summed E-state index contributed by atoms with van der Waals surface area (Å²) >= 11 is 0. The fourth-order valence-corrected chi connectivity index (χ4v) is 2.91. The fourth-order valence-electron chi connectivity index (χ4n) is 2.91. The molecule has 0 aliphatic heterocycles. The van der Waals surface area contributed by atoms with Crippen molar-refractivity contribution >= 4 is 5.91 Å². The van der Waals surface area contributed by atoms with Crippen LogP contribution in [0.25, 0.3) is 0 Å². The molecule has 0 heterocycles. The second-order valence-electron chi connectivity index (χ2n) is 5.96. The molecule has 0 bridgehead atoms. The maximum atomic E-state index is 11.3. The first-order chi connectivity index (χ1) is 9.13. The van der Waals surface area contributed by atoms with Crippen LogP contribution in [0.15, 0.2) is 0 Å². The van der Waals surface area contributed by atoms with Crippen molar-refractivity contribution < 1.29 is 4.79 Å². The zero-order valence-electron chi connectivity index (χ0n) is 12.7. The summed E-state index contributed by atoms with van der Waals surface area (Å²) in [5, 5.41) is 3.23. The van der Waals surface area contributed by atoms with E-state index in [1.54, 1.807) is 0 Å². The number of rotatable bonds is 9. The summed E-state index contributed by atoms with van der Waals surface area (Å²) < 4.78 is 0. The van der Waals surface area contributed by atoms with Gasteiger partial charge in [-0.3, -0.25) is 4.79 Å². The van der Waals surface area contributed by atoms with Crippen molar-refractivity contribution in [2.75, 3.05) is 26.7 Å². The van der Waals surface area contributed by atoms with Gasteiger partial charge in [0.1, 0.15) is 0 Å². The minimum atomic E-state index is -0.223. The third-order valence-electron chi connectivity index (χ3n) is 4.08. The Morgan fingerprint density at radius 3 is 2.63 bits per heavy atom. The molecule has 1 fully saturated rings. The third-order valence-corrected chi connectivity index (χ3v) is 4.08. The summed E-state index contributed by atoms with van der Waals surface area (Å²) in [5.41, 5.74) is 5.43. The fraction of sp³-hybridized carbons (Fsp3) is 0.933. The van der Waals surface area contributed by atoms with Gasteiger partial charge in [-0.15, -0.1) is 0 Å². The van der Waals surface area contributed by atoms with Gasteiger partial charge < -0.3 is 16.0 Å². The van der Waals surface area contributed by atoms with E-state index in [1.165, 1.54) is 38.6 Å². The second kappa shape index (κ2) is 9.32. The van der Waals surface area contributed by atoms with Crippen molar-refractivity contribution in [2.24, 2.45) is 11.7 Å². The predicted octanol–water partition coefficient (Wildman–Crippen LogP) is 1.74. The molecule has 0 saturated heterocycles. The average molecular weight is 269 g/mol. The largest absolute Gasteiger partial charge is 0.368 e. The molecule has 1 aliphatic rings. The van der Waals surface area contributed by atoms with Crippen LogP contribution >= 0.6 is 0 Å². The van der Waals surface area contributed by atoms with Crippen LogP contribution in [0, 0.1) is 5.92 Å². The molecule has 1 unspecified atom stereocenters. The summed E-state index contributed by atoms with van der Waals surface area (Å²) in [5.74, 6) is 0.633. The van der Waals surface area contributed by atoms with Crippen LogP contribution in [0.4, 0.5) is 0 Å². The van der Waals surface area contributed by atoms with Gasteiger partial charge in [0.25, 0.3) is 0 Å². The van der Waals surface area contributed by atoms with E-state index in [1.807, 2.05) is 0 Å². The van der Waals surface area contributed by atoms with E-state index in [0.29, 0.717) is 0 Å². The van der Waals surface area contributed by atoms with E-state index in [0.717, 1.165) is 31.8 Å². The molecule has 1 rings (SSSR count). The Morgan fingerprint density at radius 2 is 2.05 bits per heavy atom. The number of hydrogen-bond donors (Lipinski definition) is 2. The molecule has 0 spiro atoms. The number of nitrogens with two attached hydrogens (primary N) is 1. The van der Waals surface area contributed by atoms with Crippen molar-refractivity contribution in [3.8, 4) is 0 Å². The van der Waals surface area contributed by atoms with Gasteiger partial charge >= 0.3 is 0 Å². The Kier molecular flexibility index (Phi) is 8.07. The highest BCUT2D eigenvalue weighted by atomic mass is 16.1. The number of nitrogens with one attached hydrogen (secondary N) is 1. The number of amides is 1. The normalized spacial score (nSPS) is 18.7. The molecule has 3 N–H and O–H groups in total. The highest BCUT2D eigenvalue weighted by Gasteiger charge is 2.18. The molecule has 19 heavy (non-hydrogen) atoms. The molecule has 4 heteroatoms. The van der Waals surface area contributed by atoms with E-state index < -0.39 is 0 Å². The van der Waals surface area contributed by atoms with Crippen LogP contribution in [0.3, 0.4) is 0 Å². The van der Waals surface area contributed by atoms with E-state index in [-0.39, 0.29) is 11.9 Å². The van der Waals surface area contributed by atoms with Crippen LogP contribution in [-0.4, -0.2) is 43.5 Å². The predicted molar refractivity (Wildman–Crippen MR) is 80.0 cm³/mol. The molecule has 112 valence electrons. The van der Waals surface area contributed by atoms with E-state index in [2.05, 4.69) is 24.2 Å². The Morgan fingerprint density at radius 1 is 1.37 bits per heavy atom. The molecule has 4 nitrogen and oxygen atoms in total. The summed E-state index contributed by atoms with van der Waals surface area (Å²) in [6, 6.07) is -0.172. The van der Waals surface area contributed by atoms with Crippen LogP contribution in [0.5, 0.6) is 0 Å². The lowest BCUT2D eigenvalue weighted by molar-refractivity contribution is -0.120. The lowest BCUT2D eigenvalue weighted by Gasteiger charge is -2.27. The van der Waals surface area contributed by atoms with Crippen molar-refractivity contribution in [1.29, 1.82) is 0 Å². The molecule has 0 aromatic heterocycles. The van der Waals surface area contributed by atoms with Crippen LogP contribution in [0.1, 0.15) is 51.9 Å². The lowest BCUT2D eigenvalue weighted by Crippen LogP contribution is -2.44. The Balaban J connectivity index is 2.22. The number of primary amides is 1. The van der Waals surface area contributed by atoms with Crippen LogP contribution in [-0.2, 0) is 4.79 Å². The lowest BCUT2D eigenvalue weighted by atomic mass is 9.89. The zero-order chi connectivity index (χ0) is 14.1. The monoisotopic (exact) mass is 269 g/mol. The van der Waals surface area contributed by atoms with Gasteiger partial charge in [0.15, 0.2) is 0 Å². The smallest absolute Gasteiger partial charge is 0.234 e. The van der Waals surface area contributed by atoms with Crippen molar-refractivity contribution in [2.45, 2.75) is 57.9 Å². The number of hydrogen-bond acceptors (Lipinski definition) is 3. The first kappa shape index (κ1) is 16.4. The van der Waals surface area contributed by atoms with E-state index in [9.17, 15) is 4.79 Å². The standard InChI is InChI=1S/C15H31N3O/c1-3-10-17-14(15(16)19)9-11-18(2)12-13-7-5-4-6-8-13/h13-14,17H,3-12H2,1-2H3,(H2,16,19). The van der Waals surface area contributed by atoms with Gasteiger partial charge in [0.2, 0.25) is 5.91 Å². The number of carbonyl (C=O) groups is 1. The highest BCUT2D eigenvalue weighted by Crippen LogP contribution is 2.24.